The molecule has 0 spiro atoms. The van der Waals surface area contributed by atoms with Crippen molar-refractivity contribution in [2.24, 2.45) is 5.92 Å². The lowest BCUT2D eigenvalue weighted by atomic mass is 9.91. The van der Waals surface area contributed by atoms with E-state index in [1.54, 1.807) is 0 Å². The first-order valence-electron chi connectivity index (χ1n) is 7.86. The van der Waals surface area contributed by atoms with E-state index in [2.05, 4.69) is 11.4 Å². The van der Waals surface area contributed by atoms with Crippen LogP contribution in [0.5, 0.6) is 0 Å². The van der Waals surface area contributed by atoms with Gasteiger partial charge in [0, 0.05) is 18.2 Å². The van der Waals surface area contributed by atoms with Crippen molar-refractivity contribution in [2.45, 2.75) is 31.1 Å². The molecule has 1 unspecified atom stereocenters. The number of hydrogen-bond acceptors (Lipinski definition) is 4. The van der Waals surface area contributed by atoms with Crippen molar-refractivity contribution in [3.63, 3.8) is 0 Å². The number of benzene rings is 1. The molecule has 0 radical (unpaired) electrons. The maximum Gasteiger partial charge on any atom is 0.151 e. The first-order valence-corrected chi connectivity index (χ1v) is 9.92. The Kier molecular flexibility index (Phi) is 4.54. The monoisotopic (exact) mass is 321 g/mol. The molecule has 5 heteroatoms. The molecule has 1 aromatic rings. The molecule has 0 amide bonds. The lowest BCUT2D eigenvalue weighted by Crippen LogP contribution is -2.33. The molecule has 0 aromatic heterocycles. The van der Waals surface area contributed by atoms with E-state index in [0.29, 0.717) is 12.0 Å². The SMILES string of the molecule is CS(=O)(=O)Cc1ccc(C2=CCC(C3CCNCC3)O2)cc1. The lowest BCUT2D eigenvalue weighted by Gasteiger charge is -2.28. The zero-order chi connectivity index (χ0) is 15.6. The summed E-state index contributed by atoms with van der Waals surface area (Å²) in [5.41, 5.74) is 1.86. The average Bonchev–Trinajstić information content (AvgIpc) is 2.97. The second-order valence-electron chi connectivity index (χ2n) is 6.31. The van der Waals surface area contributed by atoms with E-state index in [1.165, 1.54) is 19.1 Å². The van der Waals surface area contributed by atoms with Crippen LogP contribution < -0.4 is 5.32 Å². The highest BCUT2D eigenvalue weighted by Gasteiger charge is 2.28. The van der Waals surface area contributed by atoms with Crippen LogP contribution in [0.3, 0.4) is 0 Å². The fraction of sp³-hybridized carbons (Fsp3) is 0.529. The average molecular weight is 321 g/mol. The molecule has 0 saturated carbocycles. The van der Waals surface area contributed by atoms with Crippen LogP contribution in [0, 0.1) is 5.92 Å². The van der Waals surface area contributed by atoms with Gasteiger partial charge >= 0.3 is 0 Å². The van der Waals surface area contributed by atoms with Gasteiger partial charge in [0.1, 0.15) is 11.9 Å². The minimum atomic E-state index is -2.98. The molecule has 1 atom stereocenters. The first kappa shape index (κ1) is 15.6. The Bertz CT molecular complexity index is 643. The Morgan fingerprint density at radius 2 is 1.86 bits per heavy atom. The van der Waals surface area contributed by atoms with Crippen molar-refractivity contribution in [3.8, 4) is 0 Å². The van der Waals surface area contributed by atoms with Crippen molar-refractivity contribution < 1.29 is 13.2 Å². The van der Waals surface area contributed by atoms with Crippen LogP contribution in [-0.4, -0.2) is 33.9 Å². The van der Waals surface area contributed by atoms with Gasteiger partial charge < -0.3 is 10.1 Å². The van der Waals surface area contributed by atoms with Crippen LogP contribution in [0.2, 0.25) is 0 Å². The molecule has 120 valence electrons. The van der Waals surface area contributed by atoms with Crippen molar-refractivity contribution >= 4 is 15.6 Å². The van der Waals surface area contributed by atoms with E-state index >= 15 is 0 Å². The predicted molar refractivity (Wildman–Crippen MR) is 88.1 cm³/mol. The Morgan fingerprint density at radius 3 is 2.50 bits per heavy atom. The van der Waals surface area contributed by atoms with Crippen molar-refractivity contribution in [1.29, 1.82) is 0 Å². The van der Waals surface area contributed by atoms with Gasteiger partial charge in [-0.1, -0.05) is 24.3 Å². The highest BCUT2D eigenvalue weighted by atomic mass is 32.2. The summed E-state index contributed by atoms with van der Waals surface area (Å²) in [6.45, 7) is 2.17. The smallest absolute Gasteiger partial charge is 0.151 e. The van der Waals surface area contributed by atoms with Crippen LogP contribution >= 0.6 is 0 Å². The third-order valence-electron chi connectivity index (χ3n) is 4.39. The summed E-state index contributed by atoms with van der Waals surface area (Å²) >= 11 is 0. The molecular weight excluding hydrogens is 298 g/mol. The van der Waals surface area contributed by atoms with Gasteiger partial charge in [-0.3, -0.25) is 0 Å². The van der Waals surface area contributed by atoms with Gasteiger partial charge in [0.15, 0.2) is 9.84 Å². The van der Waals surface area contributed by atoms with Crippen LogP contribution in [0.25, 0.3) is 5.76 Å². The maximum absolute atomic E-state index is 11.3. The molecule has 1 N–H and O–H groups in total. The predicted octanol–water partition coefficient (Wildman–Crippen LogP) is 2.36. The number of sulfone groups is 1. The van der Waals surface area contributed by atoms with E-state index in [0.717, 1.165) is 36.4 Å². The van der Waals surface area contributed by atoms with Gasteiger partial charge in [0.25, 0.3) is 0 Å². The topological polar surface area (TPSA) is 55.4 Å². The fourth-order valence-corrected chi connectivity index (χ4v) is 4.04. The van der Waals surface area contributed by atoms with Gasteiger partial charge in [0.05, 0.1) is 5.75 Å². The standard InChI is InChI=1S/C17H23NO3S/c1-22(19,20)12-13-2-4-14(5-3-13)16-6-7-17(21-16)15-8-10-18-11-9-15/h2-6,15,17-18H,7-12H2,1H3. The lowest BCUT2D eigenvalue weighted by molar-refractivity contribution is 0.104. The number of piperidine rings is 1. The molecule has 1 aromatic carbocycles. The Hall–Kier alpha value is -1.33. The summed E-state index contributed by atoms with van der Waals surface area (Å²) < 4.78 is 28.8. The quantitative estimate of drug-likeness (QED) is 0.925. The van der Waals surface area contributed by atoms with E-state index in [-0.39, 0.29) is 5.75 Å². The highest BCUT2D eigenvalue weighted by Crippen LogP contribution is 2.33. The zero-order valence-corrected chi connectivity index (χ0v) is 13.7. The molecule has 2 aliphatic heterocycles. The molecule has 0 aliphatic carbocycles. The highest BCUT2D eigenvalue weighted by molar-refractivity contribution is 7.89. The minimum Gasteiger partial charge on any atom is -0.490 e. The summed E-state index contributed by atoms with van der Waals surface area (Å²) in [4.78, 5) is 0. The third-order valence-corrected chi connectivity index (χ3v) is 5.25. The normalized spacial score (nSPS) is 23.1. The Balaban J connectivity index is 1.63. The van der Waals surface area contributed by atoms with Gasteiger partial charge in [0.2, 0.25) is 0 Å². The van der Waals surface area contributed by atoms with Crippen LogP contribution in [-0.2, 0) is 20.3 Å². The molecule has 2 heterocycles. The van der Waals surface area contributed by atoms with E-state index in [1.807, 2.05) is 24.3 Å². The minimum absolute atomic E-state index is 0.0882. The van der Waals surface area contributed by atoms with Gasteiger partial charge in [-0.2, -0.15) is 0 Å². The van der Waals surface area contributed by atoms with Crippen LogP contribution in [0.4, 0.5) is 0 Å². The van der Waals surface area contributed by atoms with E-state index in [4.69, 9.17) is 4.74 Å². The molecule has 2 aliphatic rings. The number of ether oxygens (including phenoxy) is 1. The number of nitrogens with one attached hydrogen (secondary N) is 1. The molecule has 1 saturated heterocycles. The number of hydrogen-bond donors (Lipinski definition) is 1. The first-order chi connectivity index (χ1) is 10.5. The summed E-state index contributed by atoms with van der Waals surface area (Å²) in [6.07, 6.45) is 7.06. The second kappa shape index (κ2) is 6.42. The Morgan fingerprint density at radius 1 is 1.18 bits per heavy atom. The van der Waals surface area contributed by atoms with E-state index in [9.17, 15) is 8.42 Å². The van der Waals surface area contributed by atoms with Crippen LogP contribution in [0.15, 0.2) is 30.3 Å². The van der Waals surface area contributed by atoms with Gasteiger partial charge in [-0.15, -0.1) is 0 Å². The summed E-state index contributed by atoms with van der Waals surface area (Å²) in [6, 6.07) is 7.66. The molecule has 22 heavy (non-hydrogen) atoms. The summed E-state index contributed by atoms with van der Waals surface area (Å²) in [5, 5.41) is 3.38. The molecule has 0 bridgehead atoms. The van der Waals surface area contributed by atoms with Crippen molar-refractivity contribution in [2.75, 3.05) is 19.3 Å². The van der Waals surface area contributed by atoms with Crippen LogP contribution in [0.1, 0.15) is 30.4 Å². The second-order valence-corrected chi connectivity index (χ2v) is 8.46. The largest absolute Gasteiger partial charge is 0.490 e. The third kappa shape index (κ3) is 3.90. The Labute approximate surface area is 132 Å². The van der Waals surface area contributed by atoms with Gasteiger partial charge in [-0.25, -0.2) is 8.42 Å². The molecule has 1 fully saturated rings. The fourth-order valence-electron chi connectivity index (χ4n) is 3.24. The maximum atomic E-state index is 11.3. The number of rotatable bonds is 4. The van der Waals surface area contributed by atoms with E-state index < -0.39 is 9.84 Å². The molecular formula is C17H23NO3S. The summed E-state index contributed by atoms with van der Waals surface area (Å²) in [5.74, 6) is 1.67. The van der Waals surface area contributed by atoms with Crippen molar-refractivity contribution in [1.82, 2.24) is 5.32 Å². The van der Waals surface area contributed by atoms with Crippen molar-refractivity contribution in [3.05, 3.63) is 41.5 Å². The zero-order valence-electron chi connectivity index (χ0n) is 12.9. The molecule has 3 rings (SSSR count). The molecule has 4 nitrogen and oxygen atoms in total. The van der Waals surface area contributed by atoms with Gasteiger partial charge in [-0.05, 0) is 43.5 Å². The summed E-state index contributed by atoms with van der Waals surface area (Å²) in [7, 11) is -2.98.